The molecule has 0 aromatic heterocycles. The number of aliphatic carboxylic acids is 1. The zero-order chi connectivity index (χ0) is 14.9. The van der Waals surface area contributed by atoms with Crippen LogP contribution < -0.4 is 0 Å². The van der Waals surface area contributed by atoms with Gasteiger partial charge in [-0.05, 0) is 13.3 Å². The fraction of sp³-hybridized carbons (Fsp3) is 0.769. The second kappa shape index (κ2) is 5.88. The second-order valence-electron chi connectivity index (χ2n) is 5.27. The maximum atomic E-state index is 12.4. The van der Waals surface area contributed by atoms with Crippen LogP contribution in [0.15, 0.2) is 0 Å². The fourth-order valence-electron chi connectivity index (χ4n) is 2.67. The van der Waals surface area contributed by atoms with Crippen molar-refractivity contribution in [1.82, 2.24) is 9.80 Å². The first-order valence-corrected chi connectivity index (χ1v) is 6.90. The Hall–Kier alpha value is -1.47. The third-order valence-corrected chi connectivity index (χ3v) is 4.00. The SMILES string of the molecule is CCC(C)N1C(=O)CC(N2CCOC(C(=O)O)C2)C1=O. The molecule has 3 atom stereocenters. The Bertz CT molecular complexity index is 425. The number of carbonyl (C=O) groups is 3. The van der Waals surface area contributed by atoms with E-state index < -0.39 is 18.1 Å². The highest BCUT2D eigenvalue weighted by atomic mass is 16.5. The highest BCUT2D eigenvalue weighted by Crippen LogP contribution is 2.23. The van der Waals surface area contributed by atoms with Crippen LogP contribution in [0.25, 0.3) is 0 Å². The van der Waals surface area contributed by atoms with E-state index in [1.807, 2.05) is 13.8 Å². The van der Waals surface area contributed by atoms with Crippen molar-refractivity contribution in [2.24, 2.45) is 0 Å². The molecule has 0 radical (unpaired) electrons. The number of nitrogens with zero attached hydrogens (tertiary/aromatic N) is 2. The van der Waals surface area contributed by atoms with Gasteiger partial charge in [-0.15, -0.1) is 0 Å². The lowest BCUT2D eigenvalue weighted by Crippen LogP contribution is -2.53. The van der Waals surface area contributed by atoms with Crippen molar-refractivity contribution in [3.05, 3.63) is 0 Å². The molecule has 20 heavy (non-hydrogen) atoms. The topological polar surface area (TPSA) is 87.2 Å². The molecule has 0 spiro atoms. The minimum Gasteiger partial charge on any atom is -0.479 e. The Labute approximate surface area is 117 Å². The van der Waals surface area contributed by atoms with Crippen molar-refractivity contribution in [1.29, 1.82) is 0 Å². The van der Waals surface area contributed by atoms with Crippen molar-refractivity contribution < 1.29 is 24.2 Å². The van der Waals surface area contributed by atoms with Crippen LogP contribution in [0.5, 0.6) is 0 Å². The van der Waals surface area contributed by atoms with Crippen molar-refractivity contribution in [2.75, 3.05) is 19.7 Å². The molecule has 2 aliphatic heterocycles. The fourth-order valence-corrected chi connectivity index (χ4v) is 2.67. The van der Waals surface area contributed by atoms with Crippen molar-refractivity contribution in [3.8, 4) is 0 Å². The Balaban J connectivity index is 2.08. The van der Waals surface area contributed by atoms with Crippen LogP contribution in [-0.4, -0.2) is 70.6 Å². The summed E-state index contributed by atoms with van der Waals surface area (Å²) in [5, 5.41) is 8.98. The summed E-state index contributed by atoms with van der Waals surface area (Å²) in [6.45, 7) is 4.65. The van der Waals surface area contributed by atoms with Gasteiger partial charge >= 0.3 is 5.97 Å². The van der Waals surface area contributed by atoms with Gasteiger partial charge in [0.1, 0.15) is 0 Å². The van der Waals surface area contributed by atoms with E-state index in [4.69, 9.17) is 9.84 Å². The highest BCUT2D eigenvalue weighted by molar-refractivity contribution is 6.05. The van der Waals surface area contributed by atoms with Crippen LogP contribution in [-0.2, 0) is 19.1 Å². The summed E-state index contributed by atoms with van der Waals surface area (Å²) in [6, 6.07) is -0.654. The lowest BCUT2D eigenvalue weighted by Gasteiger charge is -2.34. The van der Waals surface area contributed by atoms with E-state index in [2.05, 4.69) is 0 Å². The number of imide groups is 1. The monoisotopic (exact) mass is 284 g/mol. The number of hydrogen-bond acceptors (Lipinski definition) is 5. The van der Waals surface area contributed by atoms with Gasteiger partial charge < -0.3 is 9.84 Å². The average Bonchev–Trinajstić information content (AvgIpc) is 2.73. The molecule has 7 nitrogen and oxygen atoms in total. The Morgan fingerprint density at radius 2 is 2.20 bits per heavy atom. The van der Waals surface area contributed by atoms with Gasteiger partial charge in [0, 0.05) is 19.1 Å². The van der Waals surface area contributed by atoms with E-state index in [0.29, 0.717) is 13.0 Å². The standard InChI is InChI=1S/C13H20N2O5/c1-3-8(2)15-11(16)6-9(12(15)17)14-4-5-20-10(7-14)13(18)19/h8-10H,3-7H2,1-2H3,(H,18,19). The third-order valence-electron chi connectivity index (χ3n) is 4.00. The van der Waals surface area contributed by atoms with Gasteiger partial charge in [0.05, 0.1) is 19.1 Å². The minimum atomic E-state index is -1.04. The summed E-state index contributed by atoms with van der Waals surface area (Å²) < 4.78 is 5.14. The molecule has 0 aromatic carbocycles. The molecule has 2 saturated heterocycles. The van der Waals surface area contributed by atoms with Gasteiger partial charge in [0.15, 0.2) is 6.10 Å². The highest BCUT2D eigenvalue weighted by Gasteiger charge is 2.45. The molecular weight excluding hydrogens is 264 g/mol. The zero-order valence-electron chi connectivity index (χ0n) is 11.7. The lowest BCUT2D eigenvalue weighted by molar-refractivity contribution is -0.159. The number of hydrogen-bond donors (Lipinski definition) is 1. The van der Waals surface area contributed by atoms with Gasteiger partial charge in [-0.2, -0.15) is 0 Å². The number of carbonyl (C=O) groups excluding carboxylic acids is 2. The molecule has 112 valence electrons. The molecule has 0 aromatic rings. The Morgan fingerprint density at radius 1 is 1.50 bits per heavy atom. The predicted molar refractivity (Wildman–Crippen MR) is 69.0 cm³/mol. The van der Waals surface area contributed by atoms with Crippen LogP contribution in [0.1, 0.15) is 26.7 Å². The second-order valence-corrected chi connectivity index (χ2v) is 5.27. The smallest absolute Gasteiger partial charge is 0.334 e. The first-order valence-electron chi connectivity index (χ1n) is 6.90. The van der Waals surface area contributed by atoms with E-state index in [1.54, 1.807) is 4.90 Å². The van der Waals surface area contributed by atoms with Crippen LogP contribution in [0.3, 0.4) is 0 Å². The van der Waals surface area contributed by atoms with E-state index in [-0.39, 0.29) is 37.4 Å². The molecule has 7 heteroatoms. The summed E-state index contributed by atoms with van der Waals surface area (Å²) in [7, 11) is 0. The van der Waals surface area contributed by atoms with Crippen molar-refractivity contribution in [3.63, 3.8) is 0 Å². The maximum Gasteiger partial charge on any atom is 0.334 e. The number of carboxylic acids is 1. The van der Waals surface area contributed by atoms with Crippen molar-refractivity contribution in [2.45, 2.75) is 44.9 Å². The van der Waals surface area contributed by atoms with Gasteiger partial charge in [-0.1, -0.05) is 6.92 Å². The molecular formula is C13H20N2O5. The first kappa shape index (κ1) is 14.9. The number of carboxylic acid groups (broad SMARTS) is 1. The van der Waals surface area contributed by atoms with E-state index in [9.17, 15) is 14.4 Å². The number of likely N-dealkylation sites (tertiary alicyclic amines) is 1. The number of rotatable bonds is 4. The Kier molecular flexibility index (Phi) is 4.39. The molecule has 2 fully saturated rings. The number of amides is 2. The van der Waals surface area contributed by atoms with E-state index >= 15 is 0 Å². The molecule has 2 heterocycles. The van der Waals surface area contributed by atoms with Gasteiger partial charge in [0.2, 0.25) is 11.8 Å². The molecule has 0 aliphatic carbocycles. The van der Waals surface area contributed by atoms with E-state index in [0.717, 1.165) is 0 Å². The molecule has 2 rings (SSSR count). The minimum absolute atomic E-state index is 0.115. The quantitative estimate of drug-likeness (QED) is 0.713. The summed E-state index contributed by atoms with van der Waals surface area (Å²) >= 11 is 0. The molecule has 3 unspecified atom stereocenters. The van der Waals surface area contributed by atoms with Gasteiger partial charge in [-0.3, -0.25) is 19.4 Å². The maximum absolute atomic E-state index is 12.4. The summed E-state index contributed by atoms with van der Waals surface area (Å²) in [6.07, 6.45) is -0.0788. The zero-order valence-corrected chi connectivity index (χ0v) is 11.7. The molecule has 0 saturated carbocycles. The normalized spacial score (nSPS) is 29.8. The van der Waals surface area contributed by atoms with Crippen LogP contribution in [0, 0.1) is 0 Å². The summed E-state index contributed by atoms with van der Waals surface area (Å²) in [4.78, 5) is 38.4. The van der Waals surface area contributed by atoms with Crippen LogP contribution >= 0.6 is 0 Å². The average molecular weight is 284 g/mol. The Morgan fingerprint density at radius 3 is 2.80 bits per heavy atom. The lowest BCUT2D eigenvalue weighted by atomic mass is 10.1. The summed E-state index contributed by atoms with van der Waals surface area (Å²) in [5.74, 6) is -1.42. The van der Waals surface area contributed by atoms with Gasteiger partial charge in [0.25, 0.3) is 0 Å². The molecule has 1 N–H and O–H groups in total. The first-order chi connectivity index (χ1) is 9.45. The van der Waals surface area contributed by atoms with Crippen LogP contribution in [0.4, 0.5) is 0 Å². The number of ether oxygens (including phenoxy) is 1. The van der Waals surface area contributed by atoms with Crippen molar-refractivity contribution >= 4 is 17.8 Å². The van der Waals surface area contributed by atoms with E-state index in [1.165, 1.54) is 4.90 Å². The molecule has 2 amide bonds. The molecule has 2 aliphatic rings. The third kappa shape index (κ3) is 2.69. The molecule has 0 bridgehead atoms. The summed E-state index contributed by atoms with van der Waals surface area (Å²) in [5.41, 5.74) is 0. The van der Waals surface area contributed by atoms with Crippen LogP contribution in [0.2, 0.25) is 0 Å². The largest absolute Gasteiger partial charge is 0.479 e. The predicted octanol–water partition coefficient (Wildman–Crippen LogP) is -0.302. The number of morpholine rings is 1. The van der Waals surface area contributed by atoms with Gasteiger partial charge in [-0.25, -0.2) is 4.79 Å².